The van der Waals surface area contributed by atoms with Gasteiger partial charge in [-0.15, -0.1) is 0 Å². The summed E-state index contributed by atoms with van der Waals surface area (Å²) >= 11 is 0. The fourth-order valence-corrected chi connectivity index (χ4v) is 5.83. The predicted molar refractivity (Wildman–Crippen MR) is 104 cm³/mol. The summed E-state index contributed by atoms with van der Waals surface area (Å²) in [5, 5.41) is 0. The predicted octanol–water partition coefficient (Wildman–Crippen LogP) is 3.36. The molecule has 2 bridgehead atoms. The van der Waals surface area contributed by atoms with Gasteiger partial charge < -0.3 is 4.57 Å². The van der Waals surface area contributed by atoms with Crippen LogP contribution in [0.15, 0.2) is 42.7 Å². The lowest BCUT2D eigenvalue weighted by Gasteiger charge is -2.51. The van der Waals surface area contributed by atoms with Crippen LogP contribution in [0.2, 0.25) is 0 Å². The smallest absolute Gasteiger partial charge is 0.122 e. The Morgan fingerprint density at radius 1 is 1.08 bits per heavy atom. The van der Waals surface area contributed by atoms with Crippen LogP contribution in [0.3, 0.4) is 0 Å². The van der Waals surface area contributed by atoms with Gasteiger partial charge in [0.25, 0.3) is 0 Å². The van der Waals surface area contributed by atoms with Gasteiger partial charge in [-0.3, -0.25) is 9.80 Å². The molecule has 4 fully saturated rings. The van der Waals surface area contributed by atoms with E-state index in [2.05, 4.69) is 57.8 Å². The Bertz CT molecular complexity index is 732. The zero-order valence-corrected chi connectivity index (χ0v) is 15.8. The zero-order chi connectivity index (χ0) is 17.5. The van der Waals surface area contributed by atoms with Crippen molar-refractivity contribution in [2.75, 3.05) is 19.6 Å². The fourth-order valence-electron chi connectivity index (χ4n) is 5.83. The molecule has 4 heteroatoms. The molecule has 4 aliphatic heterocycles. The Morgan fingerprint density at radius 3 is 2.65 bits per heavy atom. The molecule has 4 saturated heterocycles. The second-order valence-electron chi connectivity index (χ2n) is 8.34. The highest BCUT2D eigenvalue weighted by Gasteiger charge is 2.53. The number of fused-ring (bicyclic) bond motifs is 2. The molecule has 4 nitrogen and oxygen atoms in total. The number of likely N-dealkylation sites (tertiary alicyclic amines) is 1. The van der Waals surface area contributed by atoms with Crippen molar-refractivity contribution >= 4 is 0 Å². The van der Waals surface area contributed by atoms with Crippen LogP contribution in [0.1, 0.15) is 43.5 Å². The molecule has 0 spiro atoms. The van der Waals surface area contributed by atoms with Gasteiger partial charge in [-0.05, 0) is 43.8 Å². The van der Waals surface area contributed by atoms with E-state index in [1.54, 1.807) is 0 Å². The molecule has 0 unspecified atom stereocenters. The van der Waals surface area contributed by atoms with E-state index >= 15 is 0 Å². The van der Waals surface area contributed by atoms with Crippen LogP contribution in [-0.2, 0) is 13.1 Å². The molecule has 0 N–H and O–H groups in total. The number of imidazole rings is 1. The van der Waals surface area contributed by atoms with E-state index in [1.807, 2.05) is 6.20 Å². The van der Waals surface area contributed by atoms with Gasteiger partial charge in [-0.1, -0.05) is 37.3 Å². The first-order valence-corrected chi connectivity index (χ1v) is 10.4. The molecule has 0 saturated carbocycles. The summed E-state index contributed by atoms with van der Waals surface area (Å²) in [7, 11) is 0. The van der Waals surface area contributed by atoms with Crippen molar-refractivity contribution in [2.24, 2.45) is 5.92 Å². The first-order valence-electron chi connectivity index (χ1n) is 10.4. The van der Waals surface area contributed by atoms with Gasteiger partial charge >= 0.3 is 0 Å². The maximum Gasteiger partial charge on any atom is 0.122 e. The van der Waals surface area contributed by atoms with Gasteiger partial charge in [-0.25, -0.2) is 4.98 Å². The maximum absolute atomic E-state index is 4.70. The summed E-state index contributed by atoms with van der Waals surface area (Å²) in [6, 6.07) is 12.6. The number of rotatable bonds is 5. The molecule has 4 aliphatic rings. The Labute approximate surface area is 156 Å². The standard InChI is InChI=1S/C22H30N4/c1-2-11-24-14-10-23-20(24)16-26-15-19(17-6-4-3-5-7-17)22-21(26)18-8-12-25(22)13-9-18/h3-7,10,14,18-19,21-22H,2,8-9,11-13,15-16H2,1H3/t19-,21+,22+/m0/s1. The molecule has 0 radical (unpaired) electrons. The number of piperidine rings is 3. The highest BCUT2D eigenvalue weighted by atomic mass is 15.3. The SMILES string of the molecule is CCCn1ccnc1CN1C[C@@H](c2ccccc2)[C@@H]2[C@H]1C1CCN2CC1. The number of benzene rings is 1. The second-order valence-corrected chi connectivity index (χ2v) is 8.34. The van der Waals surface area contributed by atoms with Gasteiger partial charge in [0, 0.05) is 43.5 Å². The van der Waals surface area contributed by atoms with E-state index in [-0.39, 0.29) is 0 Å². The normalized spacial score (nSPS) is 33.5. The largest absolute Gasteiger partial charge is 0.334 e. The van der Waals surface area contributed by atoms with Crippen LogP contribution in [0.4, 0.5) is 0 Å². The molecule has 1 aromatic heterocycles. The fraction of sp³-hybridized carbons (Fsp3) is 0.591. The first-order chi connectivity index (χ1) is 12.8. The third-order valence-electron chi connectivity index (χ3n) is 6.93. The Hall–Kier alpha value is -1.65. The summed E-state index contributed by atoms with van der Waals surface area (Å²) in [6.07, 6.45) is 8.05. The minimum atomic E-state index is 0.638. The summed E-state index contributed by atoms with van der Waals surface area (Å²) < 4.78 is 2.35. The van der Waals surface area contributed by atoms with Crippen molar-refractivity contribution in [1.29, 1.82) is 0 Å². The number of aromatic nitrogens is 2. The van der Waals surface area contributed by atoms with E-state index in [9.17, 15) is 0 Å². The lowest BCUT2D eigenvalue weighted by Crippen LogP contribution is -2.60. The molecule has 138 valence electrons. The van der Waals surface area contributed by atoms with Crippen molar-refractivity contribution in [3.05, 3.63) is 54.1 Å². The molecular formula is C22H30N4. The highest BCUT2D eigenvalue weighted by Crippen LogP contribution is 2.46. The Morgan fingerprint density at radius 2 is 1.88 bits per heavy atom. The first kappa shape index (κ1) is 16.5. The molecule has 2 aromatic rings. The van der Waals surface area contributed by atoms with Crippen molar-refractivity contribution in [1.82, 2.24) is 19.4 Å². The van der Waals surface area contributed by atoms with E-state index in [4.69, 9.17) is 4.98 Å². The van der Waals surface area contributed by atoms with Crippen LogP contribution in [-0.4, -0.2) is 51.1 Å². The summed E-state index contributed by atoms with van der Waals surface area (Å²) in [5.41, 5.74) is 1.52. The van der Waals surface area contributed by atoms with Gasteiger partial charge in [0.15, 0.2) is 0 Å². The van der Waals surface area contributed by atoms with Gasteiger partial charge in [0.05, 0.1) is 6.54 Å². The van der Waals surface area contributed by atoms with Crippen LogP contribution in [0, 0.1) is 5.92 Å². The van der Waals surface area contributed by atoms with Crippen molar-refractivity contribution in [3.8, 4) is 0 Å². The number of hydrogen-bond acceptors (Lipinski definition) is 3. The van der Waals surface area contributed by atoms with E-state index < -0.39 is 0 Å². The Kier molecular flexibility index (Phi) is 4.33. The number of aryl methyl sites for hydroxylation is 1. The van der Waals surface area contributed by atoms with Crippen molar-refractivity contribution in [3.63, 3.8) is 0 Å². The minimum Gasteiger partial charge on any atom is -0.334 e. The highest BCUT2D eigenvalue weighted by molar-refractivity contribution is 5.27. The van der Waals surface area contributed by atoms with E-state index in [1.165, 1.54) is 50.3 Å². The van der Waals surface area contributed by atoms with Crippen molar-refractivity contribution in [2.45, 2.75) is 57.3 Å². The second kappa shape index (κ2) is 6.82. The van der Waals surface area contributed by atoms with E-state index in [0.29, 0.717) is 18.0 Å². The molecule has 3 atom stereocenters. The summed E-state index contributed by atoms with van der Waals surface area (Å²) in [6.45, 7) is 8.09. The minimum absolute atomic E-state index is 0.638. The summed E-state index contributed by atoms with van der Waals surface area (Å²) in [4.78, 5) is 10.3. The molecular weight excluding hydrogens is 320 g/mol. The number of hydrogen-bond donors (Lipinski definition) is 0. The topological polar surface area (TPSA) is 24.3 Å². The number of nitrogens with zero attached hydrogens (tertiary/aromatic N) is 4. The third kappa shape index (κ3) is 2.71. The lowest BCUT2D eigenvalue weighted by atomic mass is 9.75. The maximum atomic E-state index is 4.70. The zero-order valence-electron chi connectivity index (χ0n) is 15.8. The van der Waals surface area contributed by atoms with Crippen LogP contribution >= 0.6 is 0 Å². The van der Waals surface area contributed by atoms with Crippen molar-refractivity contribution < 1.29 is 0 Å². The average Bonchev–Trinajstić information content (AvgIpc) is 3.30. The average molecular weight is 351 g/mol. The van der Waals surface area contributed by atoms with Gasteiger partial charge in [0.2, 0.25) is 0 Å². The van der Waals surface area contributed by atoms with E-state index in [0.717, 1.165) is 19.0 Å². The van der Waals surface area contributed by atoms with Crippen LogP contribution in [0.25, 0.3) is 0 Å². The van der Waals surface area contributed by atoms with Crippen LogP contribution in [0.5, 0.6) is 0 Å². The van der Waals surface area contributed by atoms with Gasteiger partial charge in [-0.2, -0.15) is 0 Å². The molecule has 0 amide bonds. The molecule has 1 aromatic carbocycles. The lowest BCUT2D eigenvalue weighted by molar-refractivity contribution is -0.00953. The molecule has 6 rings (SSSR count). The van der Waals surface area contributed by atoms with Gasteiger partial charge in [0.1, 0.15) is 5.82 Å². The molecule has 26 heavy (non-hydrogen) atoms. The Balaban J connectivity index is 1.45. The molecule has 0 aliphatic carbocycles. The quantitative estimate of drug-likeness (QED) is 0.826. The monoisotopic (exact) mass is 350 g/mol. The third-order valence-corrected chi connectivity index (χ3v) is 6.93. The van der Waals surface area contributed by atoms with Crippen LogP contribution < -0.4 is 0 Å². The summed E-state index contributed by atoms with van der Waals surface area (Å²) in [5.74, 6) is 2.75. The molecule has 5 heterocycles.